The molecule has 7 unspecified atom stereocenters. The highest BCUT2D eigenvalue weighted by Crippen LogP contribution is 2.49. The lowest BCUT2D eigenvalue weighted by Crippen LogP contribution is -2.54. The van der Waals surface area contributed by atoms with Gasteiger partial charge in [0.2, 0.25) is 0 Å². The Balaban J connectivity index is 1.55. The van der Waals surface area contributed by atoms with Gasteiger partial charge < -0.3 is 10.2 Å². The van der Waals surface area contributed by atoms with Gasteiger partial charge in [-0.2, -0.15) is 0 Å². The summed E-state index contributed by atoms with van der Waals surface area (Å²) in [6.45, 7) is 8.51. The van der Waals surface area contributed by atoms with Crippen LogP contribution < -0.4 is 5.32 Å². The number of nitrogens with one attached hydrogen (secondary N) is 1. The first kappa shape index (κ1) is 13.9. The van der Waals surface area contributed by atoms with Gasteiger partial charge in [-0.15, -0.1) is 0 Å². The van der Waals surface area contributed by atoms with Crippen LogP contribution in [-0.4, -0.2) is 36.6 Å². The number of piperidine rings is 1. The van der Waals surface area contributed by atoms with E-state index >= 15 is 0 Å². The lowest BCUT2D eigenvalue weighted by molar-refractivity contribution is 0.106. The molecule has 2 aliphatic carbocycles. The van der Waals surface area contributed by atoms with Crippen LogP contribution >= 0.6 is 0 Å². The minimum atomic E-state index is 0.735. The fourth-order valence-electron chi connectivity index (χ4n) is 5.14. The van der Waals surface area contributed by atoms with E-state index in [1.807, 2.05) is 0 Å². The van der Waals surface area contributed by atoms with Gasteiger partial charge in [0.15, 0.2) is 0 Å². The molecule has 2 saturated carbocycles. The predicted molar refractivity (Wildman–Crippen MR) is 81.2 cm³/mol. The molecule has 0 radical (unpaired) electrons. The largest absolute Gasteiger partial charge is 0.311 e. The molecule has 2 heteroatoms. The van der Waals surface area contributed by atoms with Gasteiger partial charge in [0, 0.05) is 24.7 Å². The maximum absolute atomic E-state index is 4.02. The molecule has 7 atom stereocenters. The van der Waals surface area contributed by atoms with Crippen molar-refractivity contribution in [2.24, 2.45) is 23.7 Å². The third-order valence-corrected chi connectivity index (χ3v) is 6.52. The Morgan fingerprint density at radius 1 is 1.11 bits per heavy atom. The third-order valence-electron chi connectivity index (χ3n) is 6.52. The quantitative estimate of drug-likeness (QED) is 0.842. The van der Waals surface area contributed by atoms with E-state index in [1.165, 1.54) is 38.6 Å². The van der Waals surface area contributed by atoms with Crippen molar-refractivity contribution in [1.29, 1.82) is 0 Å². The summed E-state index contributed by atoms with van der Waals surface area (Å²) in [5.74, 6) is 3.89. The maximum atomic E-state index is 4.02. The number of hydrogen-bond acceptors (Lipinski definition) is 2. The summed E-state index contributed by atoms with van der Waals surface area (Å²) in [5, 5.41) is 4.02. The Kier molecular flexibility index (Phi) is 3.92. The Hall–Kier alpha value is -0.0800. The standard InChI is InChI=1S/C17H32N2/c1-11-10-19(4)12(2)7-17(11)18-13(3)16-9-14-5-6-15(16)8-14/h11-18H,5-10H2,1-4H3. The summed E-state index contributed by atoms with van der Waals surface area (Å²) in [7, 11) is 2.27. The van der Waals surface area contributed by atoms with Crippen LogP contribution in [0, 0.1) is 23.7 Å². The average molecular weight is 264 g/mol. The maximum Gasteiger partial charge on any atom is 0.0122 e. The molecule has 1 heterocycles. The molecule has 0 aromatic heterocycles. The SMILES string of the molecule is CC1CN(C)C(C)CC1NC(C)C1CC2CCC1C2. The van der Waals surface area contributed by atoms with Crippen LogP contribution in [0.1, 0.15) is 52.9 Å². The summed E-state index contributed by atoms with van der Waals surface area (Å²) >= 11 is 0. The molecule has 3 fully saturated rings. The summed E-state index contributed by atoms with van der Waals surface area (Å²) in [4.78, 5) is 2.52. The van der Waals surface area contributed by atoms with Crippen molar-refractivity contribution in [2.75, 3.05) is 13.6 Å². The molecule has 0 spiro atoms. The molecular formula is C17H32N2. The summed E-state index contributed by atoms with van der Waals surface area (Å²) < 4.78 is 0. The van der Waals surface area contributed by atoms with Crippen LogP contribution in [0.15, 0.2) is 0 Å². The topological polar surface area (TPSA) is 15.3 Å². The second kappa shape index (κ2) is 5.37. The third kappa shape index (κ3) is 2.71. The molecule has 2 bridgehead atoms. The first-order valence-electron chi connectivity index (χ1n) is 8.51. The van der Waals surface area contributed by atoms with Crippen LogP contribution in [-0.2, 0) is 0 Å². The van der Waals surface area contributed by atoms with Crippen LogP contribution in [0.4, 0.5) is 0 Å². The second-order valence-electron chi connectivity index (χ2n) is 7.90. The van der Waals surface area contributed by atoms with E-state index in [0.717, 1.165) is 41.8 Å². The van der Waals surface area contributed by atoms with E-state index in [-0.39, 0.29) is 0 Å². The van der Waals surface area contributed by atoms with E-state index < -0.39 is 0 Å². The zero-order chi connectivity index (χ0) is 13.6. The van der Waals surface area contributed by atoms with Crippen molar-refractivity contribution in [3.05, 3.63) is 0 Å². The lowest BCUT2D eigenvalue weighted by Gasteiger charge is -2.42. The number of likely N-dealkylation sites (tertiary alicyclic amines) is 1. The monoisotopic (exact) mass is 264 g/mol. The molecule has 110 valence electrons. The van der Waals surface area contributed by atoms with E-state index in [0.29, 0.717) is 0 Å². The highest BCUT2D eigenvalue weighted by Gasteiger charge is 2.42. The Morgan fingerprint density at radius 2 is 1.89 bits per heavy atom. The van der Waals surface area contributed by atoms with Gasteiger partial charge >= 0.3 is 0 Å². The fourth-order valence-corrected chi connectivity index (χ4v) is 5.14. The number of nitrogens with zero attached hydrogens (tertiary/aromatic N) is 1. The van der Waals surface area contributed by atoms with Gasteiger partial charge in [-0.3, -0.25) is 0 Å². The van der Waals surface area contributed by atoms with Gasteiger partial charge in [-0.1, -0.05) is 13.3 Å². The van der Waals surface area contributed by atoms with Crippen molar-refractivity contribution in [3.8, 4) is 0 Å². The van der Waals surface area contributed by atoms with Crippen molar-refractivity contribution >= 4 is 0 Å². The Labute approximate surface area is 119 Å². The minimum Gasteiger partial charge on any atom is -0.311 e. The molecule has 3 aliphatic rings. The normalized spacial score (nSPS) is 48.6. The number of hydrogen-bond donors (Lipinski definition) is 1. The van der Waals surface area contributed by atoms with Crippen molar-refractivity contribution in [1.82, 2.24) is 10.2 Å². The second-order valence-corrected chi connectivity index (χ2v) is 7.90. The molecule has 0 aromatic rings. The summed E-state index contributed by atoms with van der Waals surface area (Å²) in [5.41, 5.74) is 0. The van der Waals surface area contributed by atoms with Gasteiger partial charge in [0.25, 0.3) is 0 Å². The predicted octanol–water partition coefficient (Wildman–Crippen LogP) is 3.13. The van der Waals surface area contributed by atoms with Crippen molar-refractivity contribution < 1.29 is 0 Å². The van der Waals surface area contributed by atoms with Gasteiger partial charge in [-0.05, 0) is 70.3 Å². The number of fused-ring (bicyclic) bond motifs is 2. The fraction of sp³-hybridized carbons (Fsp3) is 1.00. The minimum absolute atomic E-state index is 0.735. The Morgan fingerprint density at radius 3 is 2.53 bits per heavy atom. The molecule has 1 N–H and O–H groups in total. The summed E-state index contributed by atoms with van der Waals surface area (Å²) in [6, 6.07) is 2.21. The van der Waals surface area contributed by atoms with Gasteiger partial charge in [0.05, 0.1) is 0 Å². The van der Waals surface area contributed by atoms with E-state index in [1.54, 1.807) is 0 Å². The first-order valence-corrected chi connectivity index (χ1v) is 8.51. The van der Waals surface area contributed by atoms with Crippen LogP contribution in [0.3, 0.4) is 0 Å². The lowest BCUT2D eigenvalue weighted by atomic mass is 9.82. The smallest absolute Gasteiger partial charge is 0.0122 e. The van der Waals surface area contributed by atoms with Crippen LogP contribution in [0.5, 0.6) is 0 Å². The average Bonchev–Trinajstić information content (AvgIpc) is 2.98. The first-order chi connectivity index (χ1) is 9.04. The molecule has 0 aromatic carbocycles. The molecule has 19 heavy (non-hydrogen) atoms. The van der Waals surface area contributed by atoms with Gasteiger partial charge in [0.1, 0.15) is 0 Å². The highest BCUT2D eigenvalue weighted by atomic mass is 15.2. The zero-order valence-electron chi connectivity index (χ0n) is 13.2. The van der Waals surface area contributed by atoms with Crippen molar-refractivity contribution in [2.45, 2.75) is 71.0 Å². The molecule has 0 amide bonds. The molecule has 1 aliphatic heterocycles. The van der Waals surface area contributed by atoms with Crippen LogP contribution in [0.2, 0.25) is 0 Å². The molecule has 1 saturated heterocycles. The zero-order valence-corrected chi connectivity index (χ0v) is 13.2. The van der Waals surface area contributed by atoms with Crippen LogP contribution in [0.25, 0.3) is 0 Å². The molecule has 2 nitrogen and oxygen atoms in total. The molecule has 3 rings (SSSR count). The highest BCUT2D eigenvalue weighted by molar-refractivity contribution is 4.96. The van der Waals surface area contributed by atoms with Crippen molar-refractivity contribution in [3.63, 3.8) is 0 Å². The van der Waals surface area contributed by atoms with E-state index in [9.17, 15) is 0 Å². The Bertz CT molecular complexity index is 316. The summed E-state index contributed by atoms with van der Waals surface area (Å²) in [6.07, 6.45) is 7.41. The van der Waals surface area contributed by atoms with E-state index in [2.05, 4.69) is 38.0 Å². The number of rotatable bonds is 3. The van der Waals surface area contributed by atoms with Gasteiger partial charge in [-0.25, -0.2) is 0 Å². The molecular weight excluding hydrogens is 232 g/mol. The van der Waals surface area contributed by atoms with E-state index in [4.69, 9.17) is 0 Å².